The monoisotopic (exact) mass is 413 g/mol. The van der Waals surface area contributed by atoms with Gasteiger partial charge in [-0.15, -0.1) is 17.9 Å². The normalized spacial score (nSPS) is 11.5. The number of halogens is 1. The summed E-state index contributed by atoms with van der Waals surface area (Å²) < 4.78 is 23.2. The molecule has 0 atom stereocenters. The van der Waals surface area contributed by atoms with Crippen LogP contribution < -0.4 is 10.5 Å². The van der Waals surface area contributed by atoms with E-state index in [1.807, 2.05) is 17.0 Å². The van der Waals surface area contributed by atoms with Crippen molar-refractivity contribution in [1.82, 2.24) is 10.2 Å². The quantitative estimate of drug-likeness (QED) is 0.617. The van der Waals surface area contributed by atoms with Crippen LogP contribution >= 0.6 is 22.9 Å². The third kappa shape index (κ3) is 6.54. The number of hydrogen-bond donors (Lipinski definition) is 2. The molecule has 0 spiro atoms. The highest BCUT2D eigenvalue weighted by Gasteiger charge is 2.12. The van der Waals surface area contributed by atoms with Gasteiger partial charge in [-0.1, -0.05) is 29.8 Å². The molecule has 1 amide bonds. The van der Waals surface area contributed by atoms with Crippen LogP contribution in [-0.4, -0.2) is 32.3 Å². The van der Waals surface area contributed by atoms with Gasteiger partial charge >= 0.3 is 0 Å². The summed E-state index contributed by atoms with van der Waals surface area (Å²) in [5.74, 6) is -0.134. The molecule has 0 fully saturated rings. The fourth-order valence-corrected chi connectivity index (χ4v) is 3.93. The number of carbonyl (C=O) groups is 1. The average Bonchev–Trinajstić information content (AvgIpc) is 2.97. The summed E-state index contributed by atoms with van der Waals surface area (Å²) in [4.78, 5) is 15.3. The molecular weight excluding hydrogens is 394 g/mol. The van der Waals surface area contributed by atoms with Crippen molar-refractivity contribution in [3.05, 3.63) is 63.8 Å². The van der Waals surface area contributed by atoms with E-state index in [2.05, 4.69) is 11.9 Å². The first-order chi connectivity index (χ1) is 12.3. The van der Waals surface area contributed by atoms with Crippen molar-refractivity contribution in [2.75, 3.05) is 13.1 Å². The van der Waals surface area contributed by atoms with Crippen LogP contribution in [0.1, 0.15) is 10.4 Å². The van der Waals surface area contributed by atoms with Crippen LogP contribution in [0.15, 0.2) is 53.9 Å². The maximum Gasteiger partial charge on any atom is 0.238 e. The Balaban J connectivity index is 1.88. The molecule has 1 aromatic heterocycles. The minimum absolute atomic E-state index is 0.0411. The number of carbonyl (C=O) groups excluding carboxylic acids is 1. The Hall–Kier alpha value is -1.71. The largest absolute Gasteiger partial charge is 0.351 e. The van der Waals surface area contributed by atoms with E-state index in [9.17, 15) is 13.2 Å². The molecule has 9 heteroatoms. The molecule has 0 aliphatic carbocycles. The van der Waals surface area contributed by atoms with Gasteiger partial charge in [-0.05, 0) is 29.8 Å². The van der Waals surface area contributed by atoms with Crippen LogP contribution in [0.2, 0.25) is 4.34 Å². The first-order valence-electron chi connectivity index (χ1n) is 7.74. The van der Waals surface area contributed by atoms with Gasteiger partial charge in [0.05, 0.1) is 15.8 Å². The van der Waals surface area contributed by atoms with Crippen molar-refractivity contribution in [2.24, 2.45) is 5.14 Å². The van der Waals surface area contributed by atoms with Crippen LogP contribution in [0.25, 0.3) is 0 Å². The molecule has 0 bridgehead atoms. The Labute approximate surface area is 162 Å². The van der Waals surface area contributed by atoms with Gasteiger partial charge in [-0.25, -0.2) is 13.6 Å². The van der Waals surface area contributed by atoms with E-state index in [4.69, 9.17) is 16.7 Å². The Morgan fingerprint density at radius 1 is 1.27 bits per heavy atom. The molecule has 0 saturated heterocycles. The summed E-state index contributed by atoms with van der Waals surface area (Å²) >= 11 is 7.42. The fourth-order valence-electron chi connectivity index (χ4n) is 2.28. The smallest absolute Gasteiger partial charge is 0.238 e. The second kappa shape index (κ2) is 9.29. The zero-order chi connectivity index (χ0) is 19.2. The lowest BCUT2D eigenvalue weighted by molar-refractivity contribution is -0.122. The maximum absolute atomic E-state index is 12.2. The standard InChI is InChI=1S/C17H20ClN3O3S2/c1-2-9-21(11-14-5-8-16(18)25-14)12-17(22)20-10-13-3-6-15(7-4-13)26(19,23)24/h2-8H,1,9-12H2,(H,20,22)(H2,19,23,24). The van der Waals surface area contributed by atoms with Crippen LogP contribution in [0.4, 0.5) is 0 Å². The number of nitrogens with two attached hydrogens (primary N) is 1. The number of primary sulfonamides is 1. The minimum atomic E-state index is -3.71. The zero-order valence-corrected chi connectivity index (χ0v) is 16.4. The van der Waals surface area contributed by atoms with E-state index in [-0.39, 0.29) is 17.3 Å². The fraction of sp³-hybridized carbons (Fsp3) is 0.235. The van der Waals surface area contributed by atoms with Crippen molar-refractivity contribution >= 4 is 38.9 Å². The molecule has 6 nitrogen and oxygen atoms in total. The third-order valence-corrected chi connectivity index (χ3v) is 5.65. The van der Waals surface area contributed by atoms with Gasteiger partial charge in [0.2, 0.25) is 15.9 Å². The Bertz CT molecular complexity index is 864. The number of benzene rings is 1. The van der Waals surface area contributed by atoms with Crippen LogP contribution in [-0.2, 0) is 27.9 Å². The molecule has 2 aromatic rings. The van der Waals surface area contributed by atoms with Gasteiger partial charge in [0, 0.05) is 24.5 Å². The number of thiophene rings is 1. The average molecular weight is 414 g/mol. The molecule has 0 saturated carbocycles. The van der Waals surface area contributed by atoms with E-state index < -0.39 is 10.0 Å². The lowest BCUT2D eigenvalue weighted by Crippen LogP contribution is -2.36. The lowest BCUT2D eigenvalue weighted by atomic mass is 10.2. The summed E-state index contributed by atoms with van der Waals surface area (Å²) in [6.45, 7) is 5.43. The number of sulfonamides is 1. The van der Waals surface area contributed by atoms with E-state index in [0.717, 1.165) is 10.4 Å². The van der Waals surface area contributed by atoms with Crippen molar-refractivity contribution in [2.45, 2.75) is 18.0 Å². The van der Waals surface area contributed by atoms with Gasteiger partial charge in [0.15, 0.2) is 0 Å². The van der Waals surface area contributed by atoms with Crippen molar-refractivity contribution in [1.29, 1.82) is 0 Å². The Morgan fingerprint density at radius 2 is 1.96 bits per heavy atom. The Morgan fingerprint density at radius 3 is 2.50 bits per heavy atom. The lowest BCUT2D eigenvalue weighted by Gasteiger charge is -2.19. The van der Waals surface area contributed by atoms with E-state index in [1.54, 1.807) is 18.2 Å². The highest BCUT2D eigenvalue weighted by atomic mass is 35.5. The summed E-state index contributed by atoms with van der Waals surface area (Å²) in [7, 11) is -3.71. The maximum atomic E-state index is 12.2. The molecule has 1 aromatic carbocycles. The third-order valence-electron chi connectivity index (χ3n) is 3.50. The highest BCUT2D eigenvalue weighted by molar-refractivity contribution is 7.89. The van der Waals surface area contributed by atoms with Gasteiger partial charge in [-0.3, -0.25) is 9.69 Å². The number of hydrogen-bond acceptors (Lipinski definition) is 5. The molecule has 2 rings (SSSR count). The second-order valence-corrected chi connectivity index (χ2v) is 8.99. The van der Waals surface area contributed by atoms with Crippen LogP contribution in [0, 0.1) is 0 Å². The van der Waals surface area contributed by atoms with Crippen molar-refractivity contribution in [3.63, 3.8) is 0 Å². The van der Waals surface area contributed by atoms with Gasteiger partial charge in [-0.2, -0.15) is 0 Å². The topological polar surface area (TPSA) is 92.5 Å². The van der Waals surface area contributed by atoms with Crippen molar-refractivity contribution in [3.8, 4) is 0 Å². The molecule has 26 heavy (non-hydrogen) atoms. The summed E-state index contributed by atoms with van der Waals surface area (Å²) in [5, 5.41) is 7.88. The van der Waals surface area contributed by atoms with Gasteiger partial charge in [0.25, 0.3) is 0 Å². The highest BCUT2D eigenvalue weighted by Crippen LogP contribution is 2.22. The first kappa shape index (κ1) is 20.6. The van der Waals surface area contributed by atoms with Gasteiger partial charge < -0.3 is 5.32 Å². The SMILES string of the molecule is C=CCN(CC(=O)NCc1ccc(S(N)(=O)=O)cc1)Cc1ccc(Cl)s1. The predicted molar refractivity (Wildman–Crippen MR) is 104 cm³/mol. The summed E-state index contributed by atoms with van der Waals surface area (Å²) in [6, 6.07) is 9.85. The van der Waals surface area contributed by atoms with Crippen LogP contribution in [0.5, 0.6) is 0 Å². The first-order valence-corrected chi connectivity index (χ1v) is 10.5. The van der Waals surface area contributed by atoms with E-state index >= 15 is 0 Å². The molecule has 1 heterocycles. The summed E-state index contributed by atoms with van der Waals surface area (Å²) in [5.41, 5.74) is 0.783. The number of amides is 1. The minimum Gasteiger partial charge on any atom is -0.351 e. The second-order valence-electron chi connectivity index (χ2n) is 5.63. The predicted octanol–water partition coefficient (Wildman–Crippen LogP) is 2.35. The summed E-state index contributed by atoms with van der Waals surface area (Å²) in [6.07, 6.45) is 1.74. The van der Waals surface area contributed by atoms with Crippen molar-refractivity contribution < 1.29 is 13.2 Å². The van der Waals surface area contributed by atoms with E-state index in [0.29, 0.717) is 24.0 Å². The Kier molecular flexibility index (Phi) is 7.36. The zero-order valence-electron chi connectivity index (χ0n) is 14.0. The van der Waals surface area contributed by atoms with Crippen LogP contribution in [0.3, 0.4) is 0 Å². The molecule has 0 aliphatic heterocycles. The van der Waals surface area contributed by atoms with E-state index in [1.165, 1.54) is 23.5 Å². The number of nitrogens with one attached hydrogen (secondary N) is 1. The number of nitrogens with zero attached hydrogens (tertiary/aromatic N) is 1. The molecule has 140 valence electrons. The molecular formula is C17H20ClN3O3S2. The molecule has 0 radical (unpaired) electrons. The molecule has 3 N–H and O–H groups in total. The molecule has 0 aliphatic rings. The number of rotatable bonds is 9. The molecule has 0 unspecified atom stereocenters. The van der Waals surface area contributed by atoms with Gasteiger partial charge in [0.1, 0.15) is 0 Å².